The maximum Gasteiger partial charge on any atom is 0.0275 e. The molecule has 0 heterocycles. The van der Waals surface area contributed by atoms with Gasteiger partial charge in [-0.1, -0.05) is 53.9 Å². The van der Waals surface area contributed by atoms with Gasteiger partial charge in [0.1, 0.15) is 0 Å². The van der Waals surface area contributed by atoms with Crippen molar-refractivity contribution in [3.63, 3.8) is 0 Å². The highest BCUT2D eigenvalue weighted by Gasteiger charge is 2.16. The van der Waals surface area contributed by atoms with E-state index < -0.39 is 6.37 Å². The van der Waals surface area contributed by atoms with Gasteiger partial charge in [-0.25, -0.2) is 0 Å². The van der Waals surface area contributed by atoms with Gasteiger partial charge in [-0.2, -0.15) is 0 Å². The minimum atomic E-state index is -1.04. The Hall–Kier alpha value is 0. The SMILES string of the molecule is [2H]C([2H])(C(CC)CCC)C(C)(C)C. The van der Waals surface area contributed by atoms with Crippen molar-refractivity contribution in [3.8, 4) is 0 Å². The van der Waals surface area contributed by atoms with Crippen LogP contribution in [0, 0.1) is 11.3 Å². The molecule has 1 unspecified atom stereocenters. The third-order valence-corrected chi connectivity index (χ3v) is 1.77. The van der Waals surface area contributed by atoms with Crippen LogP contribution in [0.5, 0.6) is 0 Å². The Kier molecular flexibility index (Phi) is 3.33. The summed E-state index contributed by atoms with van der Waals surface area (Å²) in [7, 11) is 0. The van der Waals surface area contributed by atoms with E-state index in [1.807, 2.05) is 20.8 Å². The highest BCUT2D eigenvalue weighted by atomic mass is 14.2. The maximum atomic E-state index is 8.10. The van der Waals surface area contributed by atoms with E-state index >= 15 is 0 Å². The second-order valence-corrected chi connectivity index (χ2v) is 4.29. The molecule has 0 aromatic rings. The van der Waals surface area contributed by atoms with E-state index in [4.69, 9.17) is 2.74 Å². The molecule has 0 aliphatic rings. The fraction of sp³-hybridized carbons (Fsp3) is 1.00. The van der Waals surface area contributed by atoms with E-state index in [0.29, 0.717) is 0 Å². The van der Waals surface area contributed by atoms with E-state index in [9.17, 15) is 0 Å². The third kappa shape index (κ3) is 6.40. The summed E-state index contributed by atoms with van der Waals surface area (Å²) < 4.78 is 16.2. The monoisotopic (exact) mass is 158 g/mol. The van der Waals surface area contributed by atoms with Crippen molar-refractivity contribution in [2.24, 2.45) is 11.3 Å². The summed E-state index contributed by atoms with van der Waals surface area (Å²) in [6.07, 6.45) is 1.98. The zero-order chi connectivity index (χ0) is 10.7. The largest absolute Gasteiger partial charge is 0.0654 e. The summed E-state index contributed by atoms with van der Waals surface area (Å²) in [4.78, 5) is 0. The van der Waals surface area contributed by atoms with Crippen molar-refractivity contribution in [3.05, 3.63) is 0 Å². The van der Waals surface area contributed by atoms with E-state index in [1.54, 1.807) is 0 Å². The average molecular weight is 158 g/mol. The lowest BCUT2D eigenvalue weighted by Crippen LogP contribution is -2.12. The van der Waals surface area contributed by atoms with Crippen LogP contribution >= 0.6 is 0 Å². The molecule has 0 heteroatoms. The Balaban J connectivity index is 4.56. The highest BCUT2D eigenvalue weighted by Crippen LogP contribution is 2.28. The standard InChI is InChI=1S/C11H24/c1-6-8-10(7-2)9-11(3,4)5/h10H,6-9H2,1-5H3/i9D2. The molecular formula is C11H24. The van der Waals surface area contributed by atoms with Gasteiger partial charge in [-0.3, -0.25) is 0 Å². The van der Waals surface area contributed by atoms with E-state index in [1.165, 1.54) is 0 Å². The van der Waals surface area contributed by atoms with Gasteiger partial charge in [0.15, 0.2) is 0 Å². The maximum absolute atomic E-state index is 8.10. The zero-order valence-electron chi connectivity index (χ0n) is 10.7. The third-order valence-electron chi connectivity index (χ3n) is 1.77. The molecule has 0 aromatic carbocycles. The fourth-order valence-corrected chi connectivity index (χ4v) is 1.34. The summed E-state index contributed by atoms with van der Waals surface area (Å²) in [5.74, 6) is 0.206. The lowest BCUT2D eigenvalue weighted by atomic mass is 9.82. The van der Waals surface area contributed by atoms with E-state index in [2.05, 4.69) is 13.8 Å². The molecular weight excluding hydrogens is 132 g/mol. The molecule has 0 radical (unpaired) electrons. The van der Waals surface area contributed by atoms with E-state index in [0.717, 1.165) is 19.3 Å². The lowest BCUT2D eigenvalue weighted by molar-refractivity contribution is 0.275. The van der Waals surface area contributed by atoms with Crippen molar-refractivity contribution in [2.75, 3.05) is 0 Å². The van der Waals surface area contributed by atoms with Crippen LogP contribution in [-0.2, 0) is 0 Å². The van der Waals surface area contributed by atoms with Gasteiger partial charge >= 0.3 is 0 Å². The summed E-state index contributed by atoms with van der Waals surface area (Å²) in [6.45, 7) is 10.2. The second-order valence-electron chi connectivity index (χ2n) is 4.29. The second kappa shape index (κ2) is 4.79. The minimum Gasteiger partial charge on any atom is -0.0654 e. The van der Waals surface area contributed by atoms with Gasteiger partial charge in [0.05, 0.1) is 0 Å². The number of hydrogen-bond acceptors (Lipinski definition) is 0. The normalized spacial score (nSPS) is 19.0. The van der Waals surface area contributed by atoms with Gasteiger partial charge < -0.3 is 0 Å². The molecule has 0 amide bonds. The Morgan fingerprint density at radius 3 is 2.09 bits per heavy atom. The molecule has 0 aromatic heterocycles. The van der Waals surface area contributed by atoms with Crippen LogP contribution in [0.2, 0.25) is 0 Å². The first kappa shape index (κ1) is 7.64. The van der Waals surface area contributed by atoms with Gasteiger partial charge in [0.2, 0.25) is 0 Å². The van der Waals surface area contributed by atoms with Crippen LogP contribution in [0.15, 0.2) is 0 Å². The summed E-state index contributed by atoms with van der Waals surface area (Å²) in [5.41, 5.74) is -0.247. The zero-order valence-corrected chi connectivity index (χ0v) is 8.70. The lowest BCUT2D eigenvalue weighted by Gasteiger charge is -2.24. The molecule has 0 aliphatic heterocycles. The minimum absolute atomic E-state index is 0.206. The van der Waals surface area contributed by atoms with Crippen molar-refractivity contribution < 1.29 is 2.74 Å². The Bertz CT molecular complexity index is 145. The predicted octanol–water partition coefficient (Wildman–Crippen LogP) is 4.25. The first-order valence-corrected chi connectivity index (χ1v) is 4.77. The average Bonchev–Trinajstić information content (AvgIpc) is 1.97. The van der Waals surface area contributed by atoms with Gasteiger partial charge in [-0.05, 0) is 17.7 Å². The molecule has 0 rings (SSSR count). The van der Waals surface area contributed by atoms with Crippen LogP contribution in [0.25, 0.3) is 0 Å². The Morgan fingerprint density at radius 1 is 1.27 bits per heavy atom. The van der Waals surface area contributed by atoms with Gasteiger partial charge in [0.25, 0.3) is 0 Å². The topological polar surface area (TPSA) is 0 Å². The predicted molar refractivity (Wildman–Crippen MR) is 52.8 cm³/mol. The molecule has 0 N–H and O–H groups in total. The fourth-order valence-electron chi connectivity index (χ4n) is 1.34. The van der Waals surface area contributed by atoms with Crippen LogP contribution in [0.1, 0.15) is 63.0 Å². The van der Waals surface area contributed by atoms with Gasteiger partial charge in [-0.15, -0.1) is 0 Å². The van der Waals surface area contributed by atoms with Gasteiger partial charge in [0, 0.05) is 2.74 Å². The van der Waals surface area contributed by atoms with Crippen molar-refractivity contribution in [1.29, 1.82) is 0 Å². The molecule has 0 spiro atoms. The molecule has 68 valence electrons. The van der Waals surface area contributed by atoms with Crippen molar-refractivity contribution in [1.82, 2.24) is 0 Å². The molecule has 1 atom stereocenters. The van der Waals surface area contributed by atoms with E-state index in [-0.39, 0.29) is 11.3 Å². The quantitative estimate of drug-likeness (QED) is 0.574. The first-order valence-electron chi connectivity index (χ1n) is 5.77. The molecule has 0 bridgehead atoms. The Labute approximate surface area is 75.2 Å². The first-order chi connectivity index (χ1) is 5.77. The summed E-state index contributed by atoms with van der Waals surface area (Å²) in [6, 6.07) is 0. The summed E-state index contributed by atoms with van der Waals surface area (Å²) >= 11 is 0. The van der Waals surface area contributed by atoms with Crippen LogP contribution in [-0.4, -0.2) is 0 Å². The number of rotatable bonds is 4. The van der Waals surface area contributed by atoms with Crippen molar-refractivity contribution in [2.45, 2.75) is 60.3 Å². The smallest absolute Gasteiger partial charge is 0.0275 e. The molecule has 0 fully saturated rings. The van der Waals surface area contributed by atoms with Crippen LogP contribution in [0.4, 0.5) is 0 Å². The van der Waals surface area contributed by atoms with Crippen LogP contribution < -0.4 is 0 Å². The van der Waals surface area contributed by atoms with Crippen LogP contribution in [0.3, 0.4) is 0 Å². The highest BCUT2D eigenvalue weighted by molar-refractivity contribution is 4.67. The molecule has 0 saturated carbocycles. The summed E-state index contributed by atoms with van der Waals surface area (Å²) in [5, 5.41) is 0. The molecule has 0 nitrogen and oxygen atoms in total. The van der Waals surface area contributed by atoms with Crippen molar-refractivity contribution >= 4 is 0 Å². The Morgan fingerprint density at radius 2 is 1.82 bits per heavy atom. The number of hydrogen-bond donors (Lipinski definition) is 0. The molecule has 0 saturated heterocycles. The molecule has 11 heavy (non-hydrogen) atoms. The molecule has 0 aliphatic carbocycles.